The molecule has 1 saturated heterocycles. The number of imide groups is 1. The molecule has 186 valence electrons. The summed E-state index contributed by atoms with van der Waals surface area (Å²) in [5.74, 6) is -0.415. The van der Waals surface area contributed by atoms with Gasteiger partial charge in [0.15, 0.2) is 11.5 Å². The number of nitrogens with zero attached hydrogens (tertiary/aromatic N) is 3. The predicted molar refractivity (Wildman–Crippen MR) is 134 cm³/mol. The van der Waals surface area contributed by atoms with Gasteiger partial charge in [0.25, 0.3) is 11.8 Å². The van der Waals surface area contributed by atoms with Crippen molar-refractivity contribution in [1.29, 1.82) is 0 Å². The lowest BCUT2D eigenvalue weighted by atomic mass is 10.1. The summed E-state index contributed by atoms with van der Waals surface area (Å²) in [6, 6.07) is 17.2. The molecular weight excluding hydrogens is 461 g/mol. The summed E-state index contributed by atoms with van der Waals surface area (Å²) < 4.78 is 19.1. The molecule has 0 aliphatic carbocycles. The van der Waals surface area contributed by atoms with Gasteiger partial charge in [-0.25, -0.2) is 4.39 Å². The highest BCUT2D eigenvalue weighted by molar-refractivity contribution is 6.23. The highest BCUT2D eigenvalue weighted by atomic mass is 19.1. The Morgan fingerprint density at radius 2 is 1.72 bits per heavy atom. The van der Waals surface area contributed by atoms with E-state index in [-0.39, 0.29) is 36.3 Å². The summed E-state index contributed by atoms with van der Waals surface area (Å²) in [6.45, 7) is 3.78. The fraction of sp³-hybridized carbons (Fsp3) is 0.286. The van der Waals surface area contributed by atoms with Gasteiger partial charge in [-0.15, -0.1) is 0 Å². The first kappa shape index (κ1) is 23.8. The molecule has 2 aliphatic rings. The number of phenols is 1. The maximum absolute atomic E-state index is 14.0. The van der Waals surface area contributed by atoms with E-state index in [9.17, 15) is 19.1 Å². The number of piperazine rings is 1. The molecule has 1 fully saturated rings. The number of aromatic hydroxyl groups is 1. The number of phenolic OH excluding ortho intramolecular Hbond substituents is 1. The molecule has 0 radical (unpaired) electrons. The maximum Gasteiger partial charge on any atom is 0.263 e. The molecule has 1 N–H and O–H groups in total. The smallest absolute Gasteiger partial charge is 0.263 e. The van der Waals surface area contributed by atoms with E-state index in [0.29, 0.717) is 42.1 Å². The van der Waals surface area contributed by atoms with Crippen LogP contribution < -0.4 is 9.64 Å². The zero-order chi connectivity index (χ0) is 25.2. The summed E-state index contributed by atoms with van der Waals surface area (Å²) in [6.07, 6.45) is 0.271. The molecular formula is C28H28FN3O4. The number of methoxy groups -OCH3 is 1. The summed E-state index contributed by atoms with van der Waals surface area (Å²) in [5.41, 5.74) is 3.08. The van der Waals surface area contributed by atoms with Crippen molar-refractivity contribution in [2.45, 2.75) is 13.0 Å². The number of fused-ring (bicyclic) bond motifs is 1. The third kappa shape index (κ3) is 4.52. The van der Waals surface area contributed by atoms with Gasteiger partial charge < -0.3 is 14.7 Å². The van der Waals surface area contributed by atoms with Gasteiger partial charge in [-0.2, -0.15) is 0 Å². The lowest BCUT2D eigenvalue weighted by Crippen LogP contribution is -2.46. The molecule has 2 aliphatic heterocycles. The molecule has 5 rings (SSSR count). The first-order valence-electron chi connectivity index (χ1n) is 12.0. The Balaban J connectivity index is 1.26. The van der Waals surface area contributed by atoms with Crippen LogP contribution in [0.1, 0.15) is 31.8 Å². The average molecular weight is 490 g/mol. The number of amides is 2. The number of hydrogen-bond donors (Lipinski definition) is 1. The largest absolute Gasteiger partial charge is 0.504 e. The molecule has 36 heavy (non-hydrogen) atoms. The van der Waals surface area contributed by atoms with Crippen LogP contribution in [0.5, 0.6) is 11.5 Å². The number of ether oxygens (including phenoxy) is 1. The molecule has 8 heteroatoms. The van der Waals surface area contributed by atoms with E-state index in [2.05, 4.69) is 9.80 Å². The van der Waals surface area contributed by atoms with Crippen LogP contribution in [0.25, 0.3) is 0 Å². The van der Waals surface area contributed by atoms with Crippen LogP contribution in [0.3, 0.4) is 0 Å². The maximum atomic E-state index is 14.0. The van der Waals surface area contributed by atoms with E-state index in [1.54, 1.807) is 36.4 Å². The van der Waals surface area contributed by atoms with Gasteiger partial charge in [0, 0.05) is 39.3 Å². The van der Waals surface area contributed by atoms with Crippen molar-refractivity contribution in [3.05, 3.63) is 88.7 Å². The second kappa shape index (κ2) is 9.99. The van der Waals surface area contributed by atoms with E-state index in [0.717, 1.165) is 24.3 Å². The summed E-state index contributed by atoms with van der Waals surface area (Å²) in [5, 5.41) is 10.1. The average Bonchev–Trinajstić information content (AvgIpc) is 3.13. The Bertz CT molecular complexity index is 1300. The van der Waals surface area contributed by atoms with E-state index < -0.39 is 0 Å². The molecule has 7 nitrogen and oxygen atoms in total. The first-order valence-corrected chi connectivity index (χ1v) is 12.0. The lowest BCUT2D eigenvalue weighted by molar-refractivity contribution is 0.0656. The Morgan fingerprint density at radius 3 is 2.44 bits per heavy atom. The van der Waals surface area contributed by atoms with Gasteiger partial charge in [-0.05, 0) is 47.9 Å². The second-order valence-corrected chi connectivity index (χ2v) is 9.07. The van der Waals surface area contributed by atoms with Gasteiger partial charge >= 0.3 is 0 Å². The Hall–Kier alpha value is -3.91. The number of rotatable bonds is 7. The summed E-state index contributed by atoms with van der Waals surface area (Å²) in [4.78, 5) is 32.0. The van der Waals surface area contributed by atoms with Crippen molar-refractivity contribution >= 4 is 17.5 Å². The Morgan fingerprint density at radius 1 is 0.944 bits per heavy atom. The van der Waals surface area contributed by atoms with Crippen LogP contribution in [0.15, 0.2) is 60.7 Å². The number of carbonyl (C=O) groups excluding carboxylic acids is 2. The number of halogens is 1. The van der Waals surface area contributed by atoms with Gasteiger partial charge in [-0.3, -0.25) is 19.4 Å². The van der Waals surface area contributed by atoms with Crippen LogP contribution >= 0.6 is 0 Å². The standard InChI is InChI=1S/C28H28FN3O4/c1-36-25-10-9-19(17-24(25)33)18-30-13-15-31(16-14-30)23-8-4-6-21-26(23)28(35)32(27(21)34)12-11-20-5-2-3-7-22(20)29/h2-10,17,33H,11-16,18H2,1H3. The molecule has 0 bridgehead atoms. The molecule has 0 unspecified atom stereocenters. The third-order valence-corrected chi connectivity index (χ3v) is 6.90. The minimum Gasteiger partial charge on any atom is -0.504 e. The van der Waals surface area contributed by atoms with Crippen molar-refractivity contribution < 1.29 is 23.8 Å². The van der Waals surface area contributed by atoms with Crippen molar-refractivity contribution in [1.82, 2.24) is 9.80 Å². The minimum atomic E-state index is -0.336. The first-order chi connectivity index (χ1) is 17.5. The van der Waals surface area contributed by atoms with Gasteiger partial charge in [0.2, 0.25) is 0 Å². The summed E-state index contributed by atoms with van der Waals surface area (Å²) in [7, 11) is 1.52. The fourth-order valence-corrected chi connectivity index (χ4v) is 4.95. The van der Waals surface area contributed by atoms with Crippen LogP contribution in [-0.2, 0) is 13.0 Å². The highest BCUT2D eigenvalue weighted by Crippen LogP contribution is 2.33. The van der Waals surface area contributed by atoms with E-state index in [4.69, 9.17) is 4.74 Å². The lowest BCUT2D eigenvalue weighted by Gasteiger charge is -2.36. The van der Waals surface area contributed by atoms with E-state index >= 15 is 0 Å². The topological polar surface area (TPSA) is 73.3 Å². The van der Waals surface area contributed by atoms with Crippen molar-refractivity contribution in [2.24, 2.45) is 0 Å². The molecule has 0 spiro atoms. The number of benzene rings is 3. The zero-order valence-corrected chi connectivity index (χ0v) is 20.1. The third-order valence-electron chi connectivity index (χ3n) is 6.90. The van der Waals surface area contributed by atoms with Crippen molar-refractivity contribution in [3.8, 4) is 11.5 Å². The van der Waals surface area contributed by atoms with Gasteiger partial charge in [0.05, 0.1) is 23.9 Å². The van der Waals surface area contributed by atoms with Crippen molar-refractivity contribution in [3.63, 3.8) is 0 Å². The summed E-state index contributed by atoms with van der Waals surface area (Å²) >= 11 is 0. The zero-order valence-electron chi connectivity index (χ0n) is 20.1. The minimum absolute atomic E-state index is 0.122. The number of anilines is 1. The van der Waals surface area contributed by atoms with Gasteiger partial charge in [0.1, 0.15) is 5.82 Å². The highest BCUT2D eigenvalue weighted by Gasteiger charge is 2.38. The normalized spacial score (nSPS) is 15.9. The predicted octanol–water partition coefficient (Wildman–Crippen LogP) is 3.70. The fourth-order valence-electron chi connectivity index (χ4n) is 4.95. The van der Waals surface area contributed by atoms with Crippen molar-refractivity contribution in [2.75, 3.05) is 44.7 Å². The molecule has 2 heterocycles. The molecule has 3 aromatic carbocycles. The van der Waals surface area contributed by atoms with E-state index in [1.165, 1.54) is 18.1 Å². The molecule has 3 aromatic rings. The molecule has 0 aromatic heterocycles. The SMILES string of the molecule is COc1ccc(CN2CCN(c3cccc4c3C(=O)N(CCc3ccccc3F)C4=O)CC2)cc1O. The second-order valence-electron chi connectivity index (χ2n) is 9.07. The Labute approximate surface area is 209 Å². The molecule has 0 atom stereocenters. The number of carbonyl (C=O) groups is 2. The molecule has 0 saturated carbocycles. The number of hydrogen-bond acceptors (Lipinski definition) is 6. The molecule has 2 amide bonds. The van der Waals surface area contributed by atoms with Crippen LogP contribution in [0.4, 0.5) is 10.1 Å². The Kier molecular flexibility index (Phi) is 6.61. The van der Waals surface area contributed by atoms with Crippen LogP contribution in [0.2, 0.25) is 0 Å². The monoisotopic (exact) mass is 489 g/mol. The van der Waals surface area contributed by atoms with Crippen LogP contribution in [0, 0.1) is 5.82 Å². The van der Waals surface area contributed by atoms with Crippen LogP contribution in [-0.4, -0.2) is 66.6 Å². The quantitative estimate of drug-likeness (QED) is 0.511. The van der Waals surface area contributed by atoms with E-state index in [1.807, 2.05) is 18.2 Å². The van der Waals surface area contributed by atoms with Gasteiger partial charge in [-0.1, -0.05) is 30.3 Å².